The number of urea groups is 1. The fourth-order valence-electron chi connectivity index (χ4n) is 5.49. The molecule has 282 valence electrons. The first-order chi connectivity index (χ1) is 24.2. The third kappa shape index (κ3) is 16.2. The molecule has 7 amide bonds. The summed E-state index contributed by atoms with van der Waals surface area (Å²) in [4.78, 5) is 88.5. The van der Waals surface area contributed by atoms with Crippen molar-refractivity contribution < 1.29 is 38.3 Å². The van der Waals surface area contributed by atoms with E-state index in [2.05, 4.69) is 35.1 Å². The number of carbonyl (C=O) groups excluding carboxylic acids is 7. The van der Waals surface area contributed by atoms with Gasteiger partial charge in [0.2, 0.25) is 43.3 Å². The van der Waals surface area contributed by atoms with E-state index in [1.165, 1.54) is 12.7 Å². The summed E-state index contributed by atoms with van der Waals surface area (Å²) in [5.74, 6) is -2.31. The summed E-state index contributed by atoms with van der Waals surface area (Å²) in [6, 6.07) is 4.09. The molecule has 0 aliphatic carbocycles. The number of nitrogens with two attached hydrogens (primary N) is 1. The van der Waals surface area contributed by atoms with Crippen LogP contribution in [-0.4, -0.2) is 89.9 Å². The number of carbonyl (C=O) groups is 7. The Labute approximate surface area is 306 Å². The summed E-state index contributed by atoms with van der Waals surface area (Å²) in [6.45, 7) is 8.41. The number of amides is 7. The highest BCUT2D eigenvalue weighted by Crippen LogP contribution is 2.30. The monoisotopic (exact) mass is 730 g/mol. The van der Waals surface area contributed by atoms with Gasteiger partial charge in [-0.1, -0.05) is 59.1 Å². The van der Waals surface area contributed by atoms with Crippen LogP contribution in [-0.2, 0) is 35.3 Å². The van der Waals surface area contributed by atoms with Crippen LogP contribution in [0.1, 0.15) is 97.5 Å². The van der Waals surface area contributed by atoms with Gasteiger partial charge in [-0.3, -0.25) is 33.7 Å². The van der Waals surface area contributed by atoms with Gasteiger partial charge in [0.25, 0.3) is 0 Å². The van der Waals surface area contributed by atoms with Crippen molar-refractivity contribution in [2.24, 2.45) is 11.7 Å². The van der Waals surface area contributed by atoms with Crippen molar-refractivity contribution >= 4 is 66.7 Å². The number of anilines is 1. The molecule has 1 fully saturated rings. The van der Waals surface area contributed by atoms with Crippen LogP contribution in [0.15, 0.2) is 24.3 Å². The first kappa shape index (κ1) is 43.1. The quantitative estimate of drug-likeness (QED) is 0.0637. The number of nitrogens with one attached hydrogen (secondary N) is 4. The highest BCUT2D eigenvalue weighted by Gasteiger charge is 2.39. The number of hydrogen-bond acceptors (Lipinski definition) is 9. The zero-order chi connectivity index (χ0) is 37.9. The van der Waals surface area contributed by atoms with Crippen LogP contribution in [0.25, 0.3) is 0 Å². The highest BCUT2D eigenvalue weighted by atomic mass is 32.2. The van der Waals surface area contributed by atoms with E-state index in [4.69, 9.17) is 10.5 Å². The predicted octanol–water partition coefficient (Wildman–Crippen LogP) is 2.97. The van der Waals surface area contributed by atoms with Crippen LogP contribution in [0.2, 0.25) is 0 Å². The number of primary amides is 1. The minimum atomic E-state index is -0.986. The first-order valence-electron chi connectivity index (χ1n) is 17.9. The number of hydrogen-bond donors (Lipinski definition) is 5. The molecule has 14 nitrogen and oxygen atoms in total. The first-order valence-corrected chi connectivity index (χ1v) is 18.8. The lowest BCUT2D eigenvalue weighted by Gasteiger charge is -2.25. The Kier molecular flexibility index (Phi) is 19.2. The van der Waals surface area contributed by atoms with Crippen LogP contribution in [0.3, 0.4) is 0 Å². The average molecular weight is 731 g/mol. The fraction of sp³-hybridized carbons (Fsp3) is 0.629. The van der Waals surface area contributed by atoms with Crippen LogP contribution in [0.5, 0.6) is 0 Å². The molecule has 4 atom stereocenters. The molecule has 1 aromatic rings. The fourth-order valence-corrected chi connectivity index (χ4v) is 6.84. The summed E-state index contributed by atoms with van der Waals surface area (Å²) in [7, 11) is 1.31. The van der Waals surface area contributed by atoms with E-state index in [9.17, 15) is 33.6 Å². The van der Waals surface area contributed by atoms with Gasteiger partial charge in [0.15, 0.2) is 0 Å². The van der Waals surface area contributed by atoms with Crippen LogP contribution >= 0.6 is 11.8 Å². The maximum Gasteiger partial charge on any atom is 0.312 e. The molecule has 1 aliphatic rings. The second kappa shape index (κ2) is 22.7. The predicted molar refractivity (Wildman–Crippen MR) is 199 cm³/mol. The minimum absolute atomic E-state index is 0.0937. The van der Waals surface area contributed by atoms with Gasteiger partial charge >= 0.3 is 6.03 Å². The Hall–Kier alpha value is -4.08. The Morgan fingerprint density at radius 1 is 0.961 bits per heavy atom. The Morgan fingerprint density at radius 3 is 2.29 bits per heavy atom. The number of thioether (sulfide) groups is 1. The van der Waals surface area contributed by atoms with Gasteiger partial charge in [0, 0.05) is 36.9 Å². The molecule has 0 bridgehead atoms. The third-order valence-electron chi connectivity index (χ3n) is 8.38. The zero-order valence-corrected chi connectivity index (χ0v) is 31.4. The van der Waals surface area contributed by atoms with E-state index in [0.29, 0.717) is 43.2 Å². The molecule has 1 saturated heterocycles. The molecule has 1 aliphatic heterocycles. The van der Waals surface area contributed by atoms with E-state index in [1.54, 1.807) is 49.9 Å². The Morgan fingerprint density at radius 2 is 1.67 bits per heavy atom. The molecule has 3 unspecified atom stereocenters. The minimum Gasteiger partial charge on any atom is -0.469 e. The van der Waals surface area contributed by atoms with E-state index >= 15 is 0 Å². The second-order valence-electron chi connectivity index (χ2n) is 13.2. The van der Waals surface area contributed by atoms with Gasteiger partial charge < -0.3 is 31.7 Å². The van der Waals surface area contributed by atoms with E-state index < -0.39 is 35.8 Å². The Balaban J connectivity index is 1.89. The van der Waals surface area contributed by atoms with Crippen LogP contribution in [0.4, 0.5) is 15.3 Å². The van der Waals surface area contributed by atoms with Gasteiger partial charge in [-0.15, -0.1) is 11.8 Å². The third-order valence-corrected chi connectivity index (χ3v) is 9.78. The molecule has 0 saturated carbocycles. The number of nitrogens with zero attached hydrogens (tertiary/aromatic N) is 1. The van der Waals surface area contributed by atoms with Crippen molar-refractivity contribution in [2.75, 3.05) is 18.4 Å². The summed E-state index contributed by atoms with van der Waals surface area (Å²) in [6.07, 6.45) is 5.84. The Bertz CT molecular complexity index is 1350. The van der Waals surface area contributed by atoms with Crippen molar-refractivity contribution in [3.8, 4) is 0 Å². The number of rotatable bonds is 23. The lowest BCUT2D eigenvalue weighted by Crippen LogP contribution is -2.54. The molecule has 2 rings (SSSR count). The van der Waals surface area contributed by atoms with Gasteiger partial charge in [-0.05, 0) is 55.7 Å². The maximum atomic E-state index is 13.4. The zero-order valence-electron chi connectivity index (χ0n) is 30.6. The molecular formula is C35H55BN6O8S. The maximum absolute atomic E-state index is 13.4. The van der Waals surface area contributed by atoms with E-state index in [0.717, 1.165) is 24.8 Å². The summed E-state index contributed by atoms with van der Waals surface area (Å²) in [5, 5.41) is 10.8. The van der Waals surface area contributed by atoms with Gasteiger partial charge in [0.1, 0.15) is 18.7 Å². The number of ether oxygens (including phenoxy) is 1. The molecule has 1 heterocycles. The lowest BCUT2D eigenvalue weighted by molar-refractivity contribution is -0.138. The second-order valence-corrected chi connectivity index (χ2v) is 14.9. The summed E-state index contributed by atoms with van der Waals surface area (Å²) in [5.41, 5.74) is 6.34. The van der Waals surface area contributed by atoms with Gasteiger partial charge in [-0.25, -0.2) is 4.79 Å². The average Bonchev–Trinajstić information content (AvgIpc) is 3.33. The summed E-state index contributed by atoms with van der Waals surface area (Å²) >= 11 is 1.58. The largest absolute Gasteiger partial charge is 0.469 e. The van der Waals surface area contributed by atoms with Gasteiger partial charge in [0.05, 0.1) is 5.25 Å². The molecule has 6 N–H and O–H groups in total. The number of imide groups is 1. The number of likely N-dealkylation sites (tertiary alicyclic amines) is 1. The molecule has 0 radical (unpaired) electrons. The standard InChI is InChI=1S/C35H55BN6O8S/c1-5-6-11-23(4)51-27-20-29(44)42(33(27)47)19-9-7-8-13-28(43)41-30(22(2)3)32(46)40-26(12-10-18-38-35(37)49)31(45)39-25-16-14-24(15-17-25)21-50-34(36)48/h14-17,22-23,26-27,30H,5-13,18-21,36H2,1-4H3,(H,39,45)(H,40,46)(H,41,43)(H3,37,38,49)/t23?,26-,27?,30?/m0/s1. The van der Waals surface area contributed by atoms with Gasteiger partial charge in [-0.2, -0.15) is 0 Å². The van der Waals surface area contributed by atoms with Crippen molar-refractivity contribution in [1.29, 1.82) is 0 Å². The lowest BCUT2D eigenvalue weighted by atomic mass is 10.0. The molecule has 1 aromatic carbocycles. The van der Waals surface area contributed by atoms with Crippen LogP contribution in [0, 0.1) is 5.92 Å². The SMILES string of the molecule is BC(=O)OCc1ccc(NC(=O)[C@H](CCCNC(N)=O)NC(=O)C(NC(=O)CCCCCN2C(=O)CC(SC(C)CCCC)C2=O)C(C)C)cc1. The van der Waals surface area contributed by atoms with Crippen LogP contribution < -0.4 is 27.0 Å². The van der Waals surface area contributed by atoms with Crippen molar-refractivity contribution in [3.63, 3.8) is 0 Å². The molecular weight excluding hydrogens is 675 g/mol. The topological polar surface area (TPSA) is 206 Å². The van der Waals surface area contributed by atoms with E-state index in [-0.39, 0.29) is 61.3 Å². The van der Waals surface area contributed by atoms with Crippen molar-refractivity contribution in [1.82, 2.24) is 20.9 Å². The van der Waals surface area contributed by atoms with Crippen molar-refractivity contribution in [3.05, 3.63) is 29.8 Å². The smallest absolute Gasteiger partial charge is 0.312 e. The normalized spacial score (nSPS) is 15.9. The molecule has 51 heavy (non-hydrogen) atoms. The van der Waals surface area contributed by atoms with Crippen molar-refractivity contribution in [2.45, 2.75) is 121 Å². The number of benzene rings is 1. The molecule has 0 spiro atoms. The van der Waals surface area contributed by atoms with E-state index in [1.807, 2.05) is 0 Å². The number of unbranched alkanes of at least 4 members (excludes halogenated alkanes) is 3. The summed E-state index contributed by atoms with van der Waals surface area (Å²) < 4.78 is 4.98. The molecule has 0 aromatic heterocycles. The highest BCUT2D eigenvalue weighted by molar-refractivity contribution is 8.01. The molecule has 16 heteroatoms.